The van der Waals surface area contributed by atoms with Gasteiger partial charge in [0, 0.05) is 11.1 Å². The molecule has 484 valence electrons. The average Bonchev–Trinajstić information content (AvgIpc) is 0.932. The quantitative estimate of drug-likeness (QED) is 0.0861. The average molecular weight is 1320 g/mol. The molecule has 2 aliphatic rings. The fourth-order valence-electron chi connectivity index (χ4n) is 11.2. The summed E-state index contributed by atoms with van der Waals surface area (Å²) in [5, 5.41) is 11.2. The minimum absolute atomic E-state index is 0.140. The van der Waals surface area contributed by atoms with Crippen LogP contribution in [-0.4, -0.2) is 12.0 Å². The molecular weight excluding hydrogens is 1280 g/mol. The minimum Gasteiger partial charge on any atom is -0.362 e. The summed E-state index contributed by atoms with van der Waals surface area (Å²) < 4.78 is 341. The summed E-state index contributed by atoms with van der Waals surface area (Å²) >= 11 is 0. The lowest BCUT2D eigenvalue weighted by molar-refractivity contribution is -0.502. The summed E-state index contributed by atoms with van der Waals surface area (Å²) in [5.41, 5.74) is -25.2. The van der Waals surface area contributed by atoms with Gasteiger partial charge in [-0.05, 0) is 35.4 Å². The first-order valence-corrected chi connectivity index (χ1v) is 26.8. The van der Waals surface area contributed by atoms with E-state index in [0.29, 0.717) is 0 Å². The van der Waals surface area contributed by atoms with Crippen molar-refractivity contribution in [2.45, 2.75) is 73.6 Å². The summed E-state index contributed by atoms with van der Waals surface area (Å²) in [6.07, 6.45) is -52.6. The zero-order valence-electron chi connectivity index (χ0n) is 46.0. The second kappa shape index (κ2) is 24.5. The van der Waals surface area contributed by atoms with Crippen molar-refractivity contribution >= 4 is 33.8 Å². The Kier molecular flexibility index (Phi) is 18.0. The molecule has 92 heavy (non-hydrogen) atoms. The lowest BCUT2D eigenvalue weighted by Crippen LogP contribution is -2.75. The Morgan fingerprint density at radius 2 is 0.489 bits per heavy atom. The van der Waals surface area contributed by atoms with Crippen LogP contribution in [0.5, 0.6) is 0 Å². The molecule has 8 aromatic carbocycles. The molecule has 29 heteroatoms. The van der Waals surface area contributed by atoms with Crippen LogP contribution in [0, 0.1) is 0 Å². The Labute approximate surface area is 505 Å². The van der Waals surface area contributed by atoms with Crippen molar-refractivity contribution in [2.24, 2.45) is 0 Å². The molecule has 4 nitrogen and oxygen atoms in total. The van der Waals surface area contributed by atoms with Gasteiger partial charge in [0.05, 0.1) is 62.7 Å². The molecule has 0 radical (unpaired) electrons. The molecule has 2 heterocycles. The van der Waals surface area contributed by atoms with Gasteiger partial charge in [0.2, 0.25) is 0 Å². The zero-order chi connectivity index (χ0) is 67.4. The largest absolute Gasteiger partial charge is 0.416 e. The molecule has 4 N–H and O–H groups in total. The summed E-state index contributed by atoms with van der Waals surface area (Å²) in [7, 11) is 0. The lowest BCUT2D eigenvalue weighted by atomic mass is 9.12. The van der Waals surface area contributed by atoms with Gasteiger partial charge in [-0.2, -0.15) is 127 Å². The second-order valence-electron chi connectivity index (χ2n) is 21.3. The van der Waals surface area contributed by atoms with Gasteiger partial charge in [-0.25, -0.2) is 0 Å². The number of amidine groups is 1. The second-order valence-corrected chi connectivity index (χ2v) is 21.3. The van der Waals surface area contributed by atoms with Crippen LogP contribution in [0.15, 0.2) is 206 Å². The number of hydrogen-bond donors (Lipinski definition) is 4. The predicted octanol–water partition coefficient (Wildman–Crippen LogP) is 15.3. The number of halogens is 24. The third-order valence-electron chi connectivity index (χ3n) is 15.3. The van der Waals surface area contributed by atoms with Crippen LogP contribution in [0.4, 0.5) is 105 Å². The van der Waals surface area contributed by atoms with E-state index in [2.05, 4.69) is 148 Å². The number of nitrogens with one attached hydrogen (secondary N) is 4. The Morgan fingerprint density at radius 1 is 0.272 bits per heavy atom. The van der Waals surface area contributed by atoms with E-state index in [0.717, 1.165) is 11.7 Å². The maximum Gasteiger partial charge on any atom is 0.416 e. The van der Waals surface area contributed by atoms with E-state index >= 15 is 0 Å². The van der Waals surface area contributed by atoms with E-state index in [-0.39, 0.29) is 24.2 Å². The molecule has 0 amide bonds. The molecule has 0 saturated carbocycles. The van der Waals surface area contributed by atoms with Gasteiger partial charge in [0.25, 0.3) is 5.84 Å². The number of rotatable bonds is 9. The molecule has 8 aromatic rings. The standard InChI is InChI=1S/C32H12BF24.C31H28N4/c34-25(35,36)13-1-14(26(37,38)39)6-21(5-13)33(22-7-15(27(40,41)42)2-16(8-22)28(43,44)45,23-9-17(29(46,47)48)3-18(10-23)30(49,50)51)24-11-19(31(52,53)54)4-20(12-24)32(55,56)57;1-5-13-22(14-6-1)28-29(23-15-7-2-8-16-23)33-26(32-28)21-27-34-30(24-17-9-3-10-18-24)31(35-27)25-19-11-4-12-20-25/h1-12H;1-21,28-33H,(H,34,35)/q-1;/p+1/t;28-,29-,30-,31-/m.1/s1. The van der Waals surface area contributed by atoms with E-state index in [1.54, 1.807) is 0 Å². The van der Waals surface area contributed by atoms with Crippen LogP contribution in [0.25, 0.3) is 0 Å². The molecule has 1 saturated heterocycles. The van der Waals surface area contributed by atoms with Crippen LogP contribution in [-0.2, 0) is 49.4 Å². The molecule has 0 spiro atoms. The molecule has 10 rings (SSSR count). The third kappa shape index (κ3) is 14.8. The Bertz CT molecular complexity index is 3500. The van der Waals surface area contributed by atoms with Gasteiger partial charge in [0.15, 0.2) is 12.1 Å². The van der Waals surface area contributed by atoms with Gasteiger partial charge in [-0.15, -0.1) is 0 Å². The molecule has 1 fully saturated rings. The van der Waals surface area contributed by atoms with Gasteiger partial charge < -0.3 is 10.6 Å². The highest BCUT2D eigenvalue weighted by molar-refractivity contribution is 7.20. The van der Waals surface area contributed by atoms with Gasteiger partial charge in [0.1, 0.15) is 12.0 Å². The van der Waals surface area contributed by atoms with E-state index < -0.39 is 195 Å². The summed E-state index contributed by atoms with van der Waals surface area (Å²) in [6, 6.07) is 34.3. The highest BCUT2D eigenvalue weighted by Crippen LogP contribution is 2.43. The predicted molar refractivity (Wildman–Crippen MR) is 290 cm³/mol. The lowest BCUT2D eigenvalue weighted by Gasteiger charge is -2.46. The fraction of sp³-hybridized carbons (Fsp3) is 0.190. The summed E-state index contributed by atoms with van der Waals surface area (Å²) in [5.74, 6) is 2.01. The minimum atomic E-state index is -6.13. The van der Waals surface area contributed by atoms with Gasteiger partial charge >= 0.3 is 49.4 Å². The van der Waals surface area contributed by atoms with Crippen LogP contribution in [0.1, 0.15) is 90.9 Å². The van der Waals surface area contributed by atoms with E-state index in [1.807, 2.05) is 0 Å². The smallest absolute Gasteiger partial charge is 0.362 e. The molecule has 4 atom stereocenters. The van der Waals surface area contributed by atoms with E-state index in [1.165, 1.54) is 22.3 Å². The van der Waals surface area contributed by atoms with Crippen molar-refractivity contribution in [1.82, 2.24) is 16.0 Å². The molecule has 2 aliphatic heterocycles. The van der Waals surface area contributed by atoms with Crippen LogP contribution in [0.2, 0.25) is 0 Å². The Balaban J connectivity index is 0.000000242. The molecule has 0 bridgehead atoms. The SMILES string of the molecule is C(=C1N[C@H](c2ccccc2)[C@@H](c2ccccc2)N1)C1=[NH+][C@H](c2ccccc2)[C@@H](c2ccccc2)N1.FC(F)(F)c1cc([B-](c2cc(C(F)(F)F)cc(C(F)(F)F)c2)(c2cc(C(F)(F)F)cc(C(F)(F)F)c2)c2cc(C(F)(F)F)cc(C(F)(F)F)c2)cc(C(F)(F)F)c1. The third-order valence-corrected chi connectivity index (χ3v) is 15.3. The van der Waals surface area contributed by atoms with Crippen molar-refractivity contribution in [3.05, 3.63) is 273 Å². The molecular formula is C63H41BF24N4. The highest BCUT2D eigenvalue weighted by atomic mass is 19.4. The Morgan fingerprint density at radius 3 is 0.717 bits per heavy atom. The van der Waals surface area contributed by atoms with Crippen molar-refractivity contribution in [2.75, 3.05) is 0 Å². The number of hydrogen-bond acceptors (Lipinski definition) is 3. The number of benzene rings is 8. The zero-order valence-corrected chi connectivity index (χ0v) is 46.0. The topological polar surface area (TPSA) is 50.1 Å². The number of alkyl halides is 24. The first kappa shape index (κ1) is 67.4. The normalized spacial score (nSPS) is 17.7. The summed E-state index contributed by atoms with van der Waals surface area (Å²) in [6.45, 7) is 0. The Hall–Kier alpha value is -9.05. The first-order valence-electron chi connectivity index (χ1n) is 26.8. The van der Waals surface area contributed by atoms with Crippen LogP contribution < -0.4 is 42.8 Å². The highest BCUT2D eigenvalue weighted by Gasteiger charge is 2.48. The van der Waals surface area contributed by atoms with Gasteiger partial charge in [-0.1, -0.05) is 170 Å². The monoisotopic (exact) mass is 1320 g/mol. The molecule has 0 aromatic heterocycles. The molecule has 0 aliphatic carbocycles. The van der Waals surface area contributed by atoms with E-state index in [9.17, 15) is 105 Å². The fourth-order valence-corrected chi connectivity index (χ4v) is 11.2. The maximum atomic E-state index is 14.2. The summed E-state index contributed by atoms with van der Waals surface area (Å²) in [4.78, 5) is 3.74. The van der Waals surface area contributed by atoms with Crippen molar-refractivity contribution < 1.29 is 110 Å². The molecule has 0 unspecified atom stereocenters. The van der Waals surface area contributed by atoms with Crippen molar-refractivity contribution in [3.8, 4) is 0 Å². The van der Waals surface area contributed by atoms with Crippen molar-refractivity contribution in [1.29, 1.82) is 0 Å². The van der Waals surface area contributed by atoms with Gasteiger partial charge in [-0.3, -0.25) is 10.3 Å². The van der Waals surface area contributed by atoms with Crippen LogP contribution >= 0.6 is 0 Å². The first-order chi connectivity index (χ1) is 42.6. The van der Waals surface area contributed by atoms with Crippen LogP contribution in [0.3, 0.4) is 0 Å². The van der Waals surface area contributed by atoms with E-state index in [4.69, 9.17) is 0 Å². The van der Waals surface area contributed by atoms with Crippen molar-refractivity contribution in [3.63, 3.8) is 0 Å². The maximum absolute atomic E-state index is 14.2.